The Kier molecular flexibility index (Phi) is 44.6. The molecule has 63 heavy (non-hydrogen) atoms. The summed E-state index contributed by atoms with van der Waals surface area (Å²) in [6, 6.07) is 3.15. The molecule has 0 fully saturated rings. The molecule has 1 rings (SSSR count). The van der Waals surface area contributed by atoms with Crippen molar-refractivity contribution in [3.63, 3.8) is 0 Å². The molecule has 0 atom stereocenters. The maximum atomic E-state index is 13.0. The fourth-order valence-corrected chi connectivity index (χ4v) is 8.47. The molecule has 0 aromatic heterocycles. The summed E-state index contributed by atoms with van der Waals surface area (Å²) in [4.78, 5) is 25.4. The second kappa shape index (κ2) is 45.7. The minimum Gasteiger partial charge on any atom is -0.744 e. The van der Waals surface area contributed by atoms with Gasteiger partial charge in [-0.25, -0.2) is 18.0 Å². The number of ether oxygens (including phenoxy) is 2. The van der Waals surface area contributed by atoms with Gasteiger partial charge in [-0.3, -0.25) is 0 Å². The number of carbonyl (C=O) groups is 2. The largest absolute Gasteiger partial charge is 1.00 e. The number of hydrogen-bond donors (Lipinski definition) is 0. The van der Waals surface area contributed by atoms with Crippen molar-refractivity contribution in [2.75, 3.05) is 13.2 Å². The van der Waals surface area contributed by atoms with Gasteiger partial charge in [-0.15, -0.1) is 0 Å². The maximum Gasteiger partial charge on any atom is 1.00 e. The summed E-state index contributed by atoms with van der Waals surface area (Å²) < 4.78 is 46.0. The van der Waals surface area contributed by atoms with E-state index in [1.54, 1.807) is 0 Å². The second-order valence-electron chi connectivity index (χ2n) is 17.8. The first-order valence-corrected chi connectivity index (χ1v) is 27.5. The van der Waals surface area contributed by atoms with E-state index in [0.717, 1.165) is 50.7 Å². The zero-order valence-corrected chi connectivity index (χ0v) is 43.9. The quantitative estimate of drug-likeness (QED) is 0.0211. The number of benzene rings is 1. The Morgan fingerprint density at radius 1 is 0.429 bits per heavy atom. The van der Waals surface area contributed by atoms with Crippen molar-refractivity contribution >= 4 is 22.1 Å². The minimum absolute atomic E-state index is 0. The summed E-state index contributed by atoms with van der Waals surface area (Å²) in [5.74, 6) is -1.55. The molecule has 0 unspecified atom stereocenters. The third-order valence-corrected chi connectivity index (χ3v) is 12.8. The van der Waals surface area contributed by atoms with E-state index in [0.29, 0.717) is 12.8 Å². The Hall–Kier alpha value is -1.45. The number of hydrogen-bond acceptors (Lipinski definition) is 7. The third kappa shape index (κ3) is 38.4. The molecule has 0 radical (unpaired) electrons. The Balaban J connectivity index is 0.0000384. The molecular weight excluding hydrogens is 816 g/mol. The van der Waals surface area contributed by atoms with Crippen LogP contribution >= 0.6 is 0 Å². The first-order chi connectivity index (χ1) is 30.3. The predicted molar refractivity (Wildman–Crippen MR) is 260 cm³/mol. The van der Waals surface area contributed by atoms with E-state index < -0.39 is 27.0 Å². The summed E-state index contributed by atoms with van der Waals surface area (Å²) in [7, 11) is -4.82. The normalized spacial score (nSPS) is 11.7. The molecular formula is C54H93NaO7S. The first kappa shape index (κ1) is 61.5. The molecule has 0 saturated carbocycles. The molecule has 0 spiro atoms. The molecule has 0 heterocycles. The topological polar surface area (TPSA) is 110 Å². The molecule has 9 heteroatoms. The summed E-state index contributed by atoms with van der Waals surface area (Å²) in [6.07, 6.45) is 56.6. The van der Waals surface area contributed by atoms with Crippen LogP contribution in [0.3, 0.4) is 0 Å². The fourth-order valence-electron chi connectivity index (χ4n) is 7.98. The number of esters is 2. The van der Waals surface area contributed by atoms with E-state index in [4.69, 9.17) is 9.47 Å². The van der Waals surface area contributed by atoms with Gasteiger partial charge in [0.1, 0.15) is 10.1 Å². The molecule has 0 N–H and O–H groups in total. The van der Waals surface area contributed by atoms with Crippen molar-refractivity contribution in [3.05, 3.63) is 53.6 Å². The van der Waals surface area contributed by atoms with Gasteiger partial charge in [0, 0.05) is 0 Å². The van der Waals surface area contributed by atoms with Crippen molar-refractivity contribution in [2.24, 2.45) is 0 Å². The second-order valence-corrected chi connectivity index (χ2v) is 19.2. The molecule has 0 bridgehead atoms. The van der Waals surface area contributed by atoms with Gasteiger partial charge in [-0.2, -0.15) is 0 Å². The number of rotatable bonds is 45. The van der Waals surface area contributed by atoms with Gasteiger partial charge in [-0.1, -0.05) is 218 Å². The van der Waals surface area contributed by atoms with Crippen LogP contribution in [-0.2, 0) is 19.6 Å². The van der Waals surface area contributed by atoms with Crippen LogP contribution in [-0.4, -0.2) is 38.1 Å². The van der Waals surface area contributed by atoms with Crippen LogP contribution in [0.25, 0.3) is 0 Å². The molecule has 0 aliphatic heterocycles. The van der Waals surface area contributed by atoms with Crippen LogP contribution in [0.1, 0.15) is 279 Å². The Morgan fingerprint density at radius 2 is 0.698 bits per heavy atom. The SMILES string of the molecule is CCCCCCCCCCC/C=C/CCCCCCCCCCOC(=O)c1ccc(S(=O)(=O)[O-])cc1C(=O)OCCCCCCCCCC/C=C/CCCCCCCCCCC.[Na+]. The molecule has 0 saturated heterocycles. The number of allylic oxidation sites excluding steroid dienone is 4. The standard InChI is InChI=1S/C54H94O7S.Na/c1-3-5-7-9-11-13-15-17-19-21-23-25-27-29-31-33-35-37-39-41-43-47-60-53(55)51-46-45-50(62(57,58)59)49-52(51)54(56)61-48-44-42-40-38-36-34-32-30-28-26-24-22-20-18-16-14-12-10-8-6-4-2;/h23-26,45-46,49H,3-22,27-44,47-48H2,1-2H3,(H,57,58,59);/q;+1/p-1/b25-23+,26-24+;. The van der Waals surface area contributed by atoms with E-state index in [1.807, 2.05) is 0 Å². The zero-order valence-electron chi connectivity index (χ0n) is 41.1. The Labute approximate surface area is 410 Å². The Morgan fingerprint density at radius 3 is 1.00 bits per heavy atom. The summed E-state index contributed by atoms with van der Waals surface area (Å²) >= 11 is 0. The molecule has 7 nitrogen and oxygen atoms in total. The van der Waals surface area contributed by atoms with Crippen LogP contribution < -0.4 is 29.6 Å². The van der Waals surface area contributed by atoms with Crippen molar-refractivity contribution in [3.8, 4) is 0 Å². The molecule has 0 aliphatic carbocycles. The summed E-state index contributed by atoms with van der Waals surface area (Å²) in [5.41, 5.74) is -0.338. The van der Waals surface area contributed by atoms with Gasteiger partial charge >= 0.3 is 41.5 Å². The monoisotopic (exact) mass is 909 g/mol. The maximum absolute atomic E-state index is 13.0. The van der Waals surface area contributed by atoms with Crippen molar-refractivity contribution in [2.45, 2.75) is 263 Å². The Bertz CT molecular complexity index is 1380. The molecule has 1 aromatic rings. The van der Waals surface area contributed by atoms with E-state index >= 15 is 0 Å². The van der Waals surface area contributed by atoms with Gasteiger partial charge in [0.15, 0.2) is 0 Å². The van der Waals surface area contributed by atoms with Crippen molar-refractivity contribution < 1.29 is 61.6 Å². The van der Waals surface area contributed by atoms with Gasteiger partial charge in [0.25, 0.3) is 0 Å². The molecule has 0 aliphatic rings. The first-order valence-electron chi connectivity index (χ1n) is 26.0. The van der Waals surface area contributed by atoms with Crippen LogP contribution in [0, 0.1) is 0 Å². The van der Waals surface area contributed by atoms with Crippen LogP contribution in [0.4, 0.5) is 0 Å². The van der Waals surface area contributed by atoms with E-state index in [9.17, 15) is 22.6 Å². The van der Waals surface area contributed by atoms with Crippen LogP contribution in [0.15, 0.2) is 47.4 Å². The summed E-state index contributed by atoms with van der Waals surface area (Å²) in [5, 5.41) is 0. The van der Waals surface area contributed by atoms with E-state index in [-0.39, 0.29) is 53.9 Å². The van der Waals surface area contributed by atoms with Crippen molar-refractivity contribution in [1.82, 2.24) is 0 Å². The van der Waals surface area contributed by atoms with Gasteiger partial charge in [0.05, 0.1) is 29.2 Å². The van der Waals surface area contributed by atoms with Crippen molar-refractivity contribution in [1.29, 1.82) is 0 Å². The predicted octanol–water partition coefficient (Wildman–Crippen LogP) is 13.9. The zero-order chi connectivity index (χ0) is 45.0. The molecule has 358 valence electrons. The van der Waals surface area contributed by atoms with Gasteiger partial charge in [-0.05, 0) is 82.4 Å². The van der Waals surface area contributed by atoms with Gasteiger partial charge < -0.3 is 14.0 Å². The van der Waals surface area contributed by atoms with Crippen LogP contribution in [0.2, 0.25) is 0 Å². The van der Waals surface area contributed by atoms with Crippen LogP contribution in [0.5, 0.6) is 0 Å². The summed E-state index contributed by atoms with van der Waals surface area (Å²) in [6.45, 7) is 4.90. The number of unbranched alkanes of at least 4 members (excludes halogenated alkanes) is 34. The average molecular weight is 909 g/mol. The molecule has 1 aromatic carbocycles. The van der Waals surface area contributed by atoms with Gasteiger partial charge in [0.2, 0.25) is 0 Å². The number of carbonyl (C=O) groups excluding carboxylic acids is 2. The van der Waals surface area contributed by atoms with E-state index in [2.05, 4.69) is 38.2 Å². The smallest absolute Gasteiger partial charge is 0.744 e. The molecule has 0 amide bonds. The van der Waals surface area contributed by atoms with E-state index in [1.165, 1.54) is 199 Å². The fraction of sp³-hybridized carbons (Fsp3) is 0.778. The minimum atomic E-state index is -4.82. The third-order valence-electron chi connectivity index (χ3n) is 12.0. The average Bonchev–Trinajstić information content (AvgIpc) is 3.26.